The Hall–Kier alpha value is -1.76. The van der Waals surface area contributed by atoms with Crippen molar-refractivity contribution in [1.82, 2.24) is 0 Å². The number of allylic oxidation sites excluding steroid dienone is 1. The fourth-order valence-electron chi connectivity index (χ4n) is 4.73. The van der Waals surface area contributed by atoms with Crippen molar-refractivity contribution < 1.29 is 19.1 Å². The smallest absolute Gasteiger partial charge is 0.384 e. The molecule has 0 bridgehead atoms. The standard InChI is InChI=1S/C26H40O4/c1-17(2)21-13-11-19(5)23(15-21)29-25(27)9-7-8-10-26(28)30-24-16-22(18(3)4)14-12-20(24)6/h7,9,17-24H,11-16H2,1-6H3/b9-7+/t19-,20-,21-,22-,23-,24-/m1/s1. The summed E-state index contributed by atoms with van der Waals surface area (Å²) in [6.45, 7) is 13.2. The molecule has 0 heterocycles. The van der Waals surface area contributed by atoms with Crippen molar-refractivity contribution in [2.75, 3.05) is 0 Å². The SMILES string of the molecule is CC(C)[C@@H]1CC[C@@H](C)[C@H](OC(=O)C#C/C=C/C(=O)O[C@@H]2C[C@H](C(C)C)CC[C@H]2C)C1. The molecule has 0 saturated heterocycles. The van der Waals surface area contributed by atoms with Crippen LogP contribution >= 0.6 is 0 Å². The number of esters is 2. The Morgan fingerprint density at radius 3 is 1.83 bits per heavy atom. The summed E-state index contributed by atoms with van der Waals surface area (Å²) in [5, 5.41) is 0. The summed E-state index contributed by atoms with van der Waals surface area (Å²) >= 11 is 0. The van der Waals surface area contributed by atoms with Crippen LogP contribution in [0.25, 0.3) is 0 Å². The van der Waals surface area contributed by atoms with E-state index < -0.39 is 5.97 Å². The molecular weight excluding hydrogens is 376 g/mol. The summed E-state index contributed by atoms with van der Waals surface area (Å²) in [5.41, 5.74) is 0. The van der Waals surface area contributed by atoms with Gasteiger partial charge in [-0.25, -0.2) is 9.59 Å². The summed E-state index contributed by atoms with van der Waals surface area (Å²) in [7, 11) is 0. The third-order valence-corrected chi connectivity index (χ3v) is 7.21. The second-order valence-corrected chi connectivity index (χ2v) is 10.1. The maximum absolute atomic E-state index is 12.1. The van der Waals surface area contributed by atoms with Crippen molar-refractivity contribution in [1.29, 1.82) is 0 Å². The number of hydrogen-bond acceptors (Lipinski definition) is 4. The molecule has 6 atom stereocenters. The van der Waals surface area contributed by atoms with Gasteiger partial charge < -0.3 is 9.47 Å². The van der Waals surface area contributed by atoms with Crippen LogP contribution in [0.2, 0.25) is 0 Å². The average Bonchev–Trinajstić information content (AvgIpc) is 2.68. The van der Waals surface area contributed by atoms with Crippen LogP contribution in [0.15, 0.2) is 12.2 Å². The van der Waals surface area contributed by atoms with Crippen LogP contribution in [-0.4, -0.2) is 24.1 Å². The summed E-state index contributed by atoms with van der Waals surface area (Å²) in [4.78, 5) is 24.2. The summed E-state index contributed by atoms with van der Waals surface area (Å²) in [6, 6.07) is 0. The lowest BCUT2D eigenvalue weighted by Gasteiger charge is -2.35. The number of hydrogen-bond donors (Lipinski definition) is 0. The van der Waals surface area contributed by atoms with Gasteiger partial charge in [-0.05, 0) is 80.1 Å². The molecule has 0 unspecified atom stereocenters. The lowest BCUT2D eigenvalue weighted by molar-refractivity contribution is -0.149. The second-order valence-electron chi connectivity index (χ2n) is 10.1. The topological polar surface area (TPSA) is 52.6 Å². The molecule has 2 aliphatic carbocycles. The molecule has 0 aromatic rings. The molecule has 0 radical (unpaired) electrons. The van der Waals surface area contributed by atoms with E-state index in [0.717, 1.165) is 25.7 Å². The van der Waals surface area contributed by atoms with E-state index in [4.69, 9.17) is 9.47 Å². The number of rotatable bonds is 5. The Kier molecular flexibility index (Phi) is 9.46. The zero-order valence-corrected chi connectivity index (χ0v) is 19.6. The lowest BCUT2D eigenvalue weighted by Crippen LogP contribution is -2.33. The quantitative estimate of drug-likeness (QED) is 0.255. The second kappa shape index (κ2) is 11.6. The predicted molar refractivity (Wildman–Crippen MR) is 119 cm³/mol. The summed E-state index contributed by atoms with van der Waals surface area (Å²) in [6.07, 6.45) is 8.99. The normalized spacial score (nSPS) is 32.0. The minimum Gasteiger partial charge on any atom is -0.459 e. The fraction of sp³-hybridized carbons (Fsp3) is 0.769. The van der Waals surface area contributed by atoms with Crippen LogP contribution in [0.1, 0.15) is 80.1 Å². The van der Waals surface area contributed by atoms with Gasteiger partial charge in [-0.2, -0.15) is 0 Å². The van der Waals surface area contributed by atoms with E-state index in [1.165, 1.54) is 25.0 Å². The van der Waals surface area contributed by atoms with Crippen molar-refractivity contribution in [3.8, 4) is 11.8 Å². The molecule has 0 aliphatic heterocycles. The molecular formula is C26H40O4. The van der Waals surface area contributed by atoms with Gasteiger partial charge >= 0.3 is 11.9 Å². The predicted octanol–water partition coefficient (Wildman–Crippen LogP) is 5.55. The van der Waals surface area contributed by atoms with Crippen molar-refractivity contribution in [3.05, 3.63) is 12.2 Å². The van der Waals surface area contributed by atoms with E-state index in [0.29, 0.717) is 35.5 Å². The molecule has 2 rings (SSSR count). The molecule has 0 aromatic carbocycles. The maximum atomic E-state index is 12.1. The van der Waals surface area contributed by atoms with Gasteiger partial charge in [-0.15, -0.1) is 0 Å². The molecule has 0 spiro atoms. The van der Waals surface area contributed by atoms with Crippen molar-refractivity contribution in [2.45, 2.75) is 92.3 Å². The molecule has 2 saturated carbocycles. The molecule has 0 aromatic heterocycles. The highest BCUT2D eigenvalue weighted by Gasteiger charge is 2.32. The first-order valence-electron chi connectivity index (χ1n) is 11.8. The monoisotopic (exact) mass is 416 g/mol. The Morgan fingerprint density at radius 1 is 0.833 bits per heavy atom. The van der Waals surface area contributed by atoms with Gasteiger partial charge in [0.05, 0.1) is 0 Å². The number of carbonyl (C=O) groups is 2. The highest BCUT2D eigenvalue weighted by atomic mass is 16.5. The summed E-state index contributed by atoms with van der Waals surface area (Å²) in [5.74, 6) is 7.35. The zero-order chi connectivity index (χ0) is 22.3. The van der Waals surface area contributed by atoms with Gasteiger partial charge in [0.2, 0.25) is 0 Å². The fourth-order valence-corrected chi connectivity index (χ4v) is 4.73. The third kappa shape index (κ3) is 7.49. The van der Waals surface area contributed by atoms with Gasteiger partial charge in [0.1, 0.15) is 12.2 Å². The van der Waals surface area contributed by atoms with E-state index in [2.05, 4.69) is 53.4 Å². The van der Waals surface area contributed by atoms with Crippen molar-refractivity contribution in [3.63, 3.8) is 0 Å². The third-order valence-electron chi connectivity index (χ3n) is 7.21. The van der Waals surface area contributed by atoms with Crippen LogP contribution in [0.4, 0.5) is 0 Å². The molecule has 4 heteroatoms. The van der Waals surface area contributed by atoms with E-state index in [1.807, 2.05) is 0 Å². The van der Waals surface area contributed by atoms with E-state index in [1.54, 1.807) is 0 Å². The van der Waals surface area contributed by atoms with Gasteiger partial charge in [-0.1, -0.05) is 47.5 Å². The van der Waals surface area contributed by atoms with Gasteiger partial charge in [0.15, 0.2) is 0 Å². The minimum absolute atomic E-state index is 0.0390. The molecule has 2 aliphatic rings. The van der Waals surface area contributed by atoms with Gasteiger partial charge in [0.25, 0.3) is 0 Å². The molecule has 30 heavy (non-hydrogen) atoms. The van der Waals surface area contributed by atoms with Gasteiger partial charge in [-0.3, -0.25) is 0 Å². The van der Waals surface area contributed by atoms with E-state index >= 15 is 0 Å². The molecule has 0 amide bonds. The lowest BCUT2D eigenvalue weighted by atomic mass is 9.76. The molecule has 168 valence electrons. The summed E-state index contributed by atoms with van der Waals surface area (Å²) < 4.78 is 11.2. The van der Waals surface area contributed by atoms with Crippen molar-refractivity contribution >= 4 is 11.9 Å². The highest BCUT2D eigenvalue weighted by Crippen LogP contribution is 2.36. The number of carbonyl (C=O) groups excluding carboxylic acids is 2. The number of ether oxygens (including phenoxy) is 2. The maximum Gasteiger partial charge on any atom is 0.384 e. The Balaban J connectivity index is 1.80. The first kappa shape index (κ1) is 24.5. The average molecular weight is 417 g/mol. The molecule has 4 nitrogen and oxygen atoms in total. The van der Waals surface area contributed by atoms with Crippen molar-refractivity contribution in [2.24, 2.45) is 35.5 Å². The Morgan fingerprint density at radius 2 is 1.33 bits per heavy atom. The van der Waals surface area contributed by atoms with E-state index in [-0.39, 0.29) is 18.2 Å². The zero-order valence-electron chi connectivity index (χ0n) is 19.6. The van der Waals surface area contributed by atoms with Crippen LogP contribution in [-0.2, 0) is 19.1 Å². The molecule has 0 N–H and O–H groups in total. The minimum atomic E-state index is -0.519. The van der Waals surface area contributed by atoms with Crippen LogP contribution in [0.5, 0.6) is 0 Å². The Bertz CT molecular complexity index is 666. The van der Waals surface area contributed by atoms with Gasteiger partial charge in [0, 0.05) is 12.0 Å². The van der Waals surface area contributed by atoms with Crippen LogP contribution < -0.4 is 0 Å². The largest absolute Gasteiger partial charge is 0.459 e. The molecule has 2 fully saturated rings. The van der Waals surface area contributed by atoms with Crippen LogP contribution in [0.3, 0.4) is 0 Å². The van der Waals surface area contributed by atoms with E-state index in [9.17, 15) is 9.59 Å². The van der Waals surface area contributed by atoms with Crippen LogP contribution in [0, 0.1) is 47.3 Å². The Labute approximate surface area is 183 Å². The first-order valence-corrected chi connectivity index (χ1v) is 11.8. The first-order chi connectivity index (χ1) is 14.2. The highest BCUT2D eigenvalue weighted by molar-refractivity contribution is 5.89.